The molecular formula is C18H13ClN2O4S. The standard InChI is InChI=1S/C18H13ClN2O4S/c19-10-4-3-5-11-17(10)26-15(20-11)9-21-12-6-1-2-7-13(12)25-14(18(21)24)8-16(22)23/h1-7,14H,8-9H2,(H,22,23). The molecular weight excluding hydrogens is 376 g/mol. The van der Waals surface area contributed by atoms with Gasteiger partial charge >= 0.3 is 5.97 Å². The van der Waals surface area contributed by atoms with Gasteiger partial charge in [-0.1, -0.05) is 29.8 Å². The second-order valence-corrected chi connectivity index (χ2v) is 7.28. The number of carbonyl (C=O) groups is 2. The minimum Gasteiger partial charge on any atom is -0.481 e. The molecule has 0 spiro atoms. The molecule has 4 rings (SSSR count). The molecule has 0 saturated carbocycles. The van der Waals surface area contributed by atoms with Gasteiger partial charge in [0.25, 0.3) is 5.91 Å². The molecule has 2 aromatic carbocycles. The van der Waals surface area contributed by atoms with Gasteiger partial charge in [-0.25, -0.2) is 4.98 Å². The predicted molar refractivity (Wildman–Crippen MR) is 98.9 cm³/mol. The number of aromatic nitrogens is 1. The number of thiazole rings is 1. The van der Waals surface area contributed by atoms with Gasteiger partial charge in [0.2, 0.25) is 0 Å². The number of rotatable bonds is 4. The molecule has 1 unspecified atom stereocenters. The predicted octanol–water partition coefficient (Wildman–Crippen LogP) is 3.72. The number of amides is 1. The summed E-state index contributed by atoms with van der Waals surface area (Å²) in [6.45, 7) is 0.227. The van der Waals surface area contributed by atoms with Crippen LogP contribution in [0, 0.1) is 0 Å². The summed E-state index contributed by atoms with van der Waals surface area (Å²) in [5, 5.41) is 10.4. The zero-order chi connectivity index (χ0) is 18.3. The summed E-state index contributed by atoms with van der Waals surface area (Å²) in [6, 6.07) is 12.6. The Hall–Kier alpha value is -2.64. The molecule has 1 N–H and O–H groups in total. The highest BCUT2D eigenvalue weighted by Gasteiger charge is 2.36. The van der Waals surface area contributed by atoms with Crippen LogP contribution in [0.1, 0.15) is 11.4 Å². The Balaban J connectivity index is 1.71. The second-order valence-electron chi connectivity index (χ2n) is 5.79. The highest BCUT2D eigenvalue weighted by atomic mass is 35.5. The maximum atomic E-state index is 12.8. The van der Waals surface area contributed by atoms with Crippen molar-refractivity contribution in [3.63, 3.8) is 0 Å². The van der Waals surface area contributed by atoms with Crippen LogP contribution in [0.2, 0.25) is 5.02 Å². The van der Waals surface area contributed by atoms with E-state index in [1.54, 1.807) is 30.3 Å². The van der Waals surface area contributed by atoms with Crippen molar-refractivity contribution in [1.29, 1.82) is 0 Å². The van der Waals surface area contributed by atoms with Gasteiger partial charge in [0.05, 0.1) is 33.9 Å². The molecule has 1 aromatic heterocycles. The van der Waals surface area contributed by atoms with Crippen LogP contribution >= 0.6 is 22.9 Å². The van der Waals surface area contributed by atoms with Gasteiger partial charge in [-0.2, -0.15) is 0 Å². The van der Waals surface area contributed by atoms with Crippen LogP contribution < -0.4 is 9.64 Å². The van der Waals surface area contributed by atoms with Crippen molar-refractivity contribution in [1.82, 2.24) is 4.98 Å². The Morgan fingerprint density at radius 3 is 2.85 bits per heavy atom. The fourth-order valence-electron chi connectivity index (χ4n) is 2.89. The lowest BCUT2D eigenvalue weighted by atomic mass is 10.1. The Labute approximate surface area is 157 Å². The van der Waals surface area contributed by atoms with Crippen LogP contribution in [-0.4, -0.2) is 28.1 Å². The largest absolute Gasteiger partial charge is 0.481 e. The van der Waals surface area contributed by atoms with Gasteiger partial charge in [-0.15, -0.1) is 11.3 Å². The summed E-state index contributed by atoms with van der Waals surface area (Å²) in [5.41, 5.74) is 1.37. The van der Waals surface area contributed by atoms with E-state index in [-0.39, 0.29) is 6.54 Å². The number of hydrogen-bond donors (Lipinski definition) is 1. The first-order valence-corrected chi connectivity index (χ1v) is 9.05. The average molecular weight is 389 g/mol. The van der Waals surface area contributed by atoms with Crippen molar-refractivity contribution in [3.8, 4) is 5.75 Å². The van der Waals surface area contributed by atoms with Crippen LogP contribution in [0.5, 0.6) is 5.75 Å². The summed E-state index contributed by atoms with van der Waals surface area (Å²) >= 11 is 7.62. The van der Waals surface area contributed by atoms with E-state index in [1.807, 2.05) is 12.1 Å². The van der Waals surface area contributed by atoms with Crippen molar-refractivity contribution in [2.24, 2.45) is 0 Å². The van der Waals surface area contributed by atoms with Gasteiger partial charge in [0.1, 0.15) is 10.8 Å². The van der Waals surface area contributed by atoms with E-state index in [9.17, 15) is 9.59 Å². The lowest BCUT2D eigenvalue weighted by molar-refractivity contribution is -0.142. The summed E-state index contributed by atoms with van der Waals surface area (Å²) in [6.07, 6.45) is -1.45. The third-order valence-electron chi connectivity index (χ3n) is 4.03. The number of fused-ring (bicyclic) bond motifs is 2. The van der Waals surface area contributed by atoms with Gasteiger partial charge in [-0.05, 0) is 24.3 Å². The number of hydrogen-bond acceptors (Lipinski definition) is 5. The number of aliphatic carboxylic acids is 1. The number of para-hydroxylation sites is 2. The lowest BCUT2D eigenvalue weighted by Gasteiger charge is -2.33. The number of ether oxygens (including phenoxy) is 1. The summed E-state index contributed by atoms with van der Waals surface area (Å²) < 4.78 is 6.45. The minimum absolute atomic E-state index is 0.227. The summed E-state index contributed by atoms with van der Waals surface area (Å²) in [7, 11) is 0. The number of benzene rings is 2. The molecule has 1 aliphatic heterocycles. The van der Waals surface area contributed by atoms with Crippen LogP contribution in [0.3, 0.4) is 0 Å². The Kier molecular flexibility index (Phi) is 4.26. The number of anilines is 1. The van der Waals surface area contributed by atoms with E-state index in [0.29, 0.717) is 21.5 Å². The monoisotopic (exact) mass is 388 g/mol. The molecule has 0 bridgehead atoms. The third-order valence-corrected chi connectivity index (χ3v) is 5.55. The maximum absolute atomic E-state index is 12.8. The molecule has 1 aliphatic rings. The highest BCUT2D eigenvalue weighted by molar-refractivity contribution is 7.19. The van der Waals surface area contributed by atoms with E-state index in [2.05, 4.69) is 4.98 Å². The van der Waals surface area contributed by atoms with E-state index in [1.165, 1.54) is 16.2 Å². The van der Waals surface area contributed by atoms with Crippen LogP contribution in [0.25, 0.3) is 10.2 Å². The van der Waals surface area contributed by atoms with Crippen LogP contribution in [-0.2, 0) is 16.1 Å². The highest BCUT2D eigenvalue weighted by Crippen LogP contribution is 2.37. The quantitative estimate of drug-likeness (QED) is 0.736. The molecule has 0 radical (unpaired) electrons. The van der Waals surface area contributed by atoms with Gasteiger partial charge in [-0.3, -0.25) is 14.5 Å². The molecule has 3 aromatic rings. The first-order chi connectivity index (χ1) is 12.5. The van der Waals surface area contributed by atoms with E-state index < -0.39 is 24.4 Å². The molecule has 1 atom stereocenters. The van der Waals surface area contributed by atoms with Crippen molar-refractivity contribution in [2.75, 3.05) is 4.90 Å². The molecule has 8 heteroatoms. The second kappa shape index (κ2) is 6.59. The Morgan fingerprint density at radius 2 is 2.08 bits per heavy atom. The normalized spacial score (nSPS) is 16.4. The first kappa shape index (κ1) is 16.8. The van der Waals surface area contributed by atoms with Crippen LogP contribution in [0.15, 0.2) is 42.5 Å². The topological polar surface area (TPSA) is 79.7 Å². The molecule has 0 aliphatic carbocycles. The zero-order valence-corrected chi connectivity index (χ0v) is 15.0. The van der Waals surface area contributed by atoms with Gasteiger partial charge in [0, 0.05) is 0 Å². The molecule has 1 amide bonds. The lowest BCUT2D eigenvalue weighted by Crippen LogP contribution is -2.46. The third kappa shape index (κ3) is 3.00. The number of halogens is 1. The SMILES string of the molecule is O=C(O)CC1Oc2ccccc2N(Cc2nc3cccc(Cl)c3s2)C1=O. The molecule has 26 heavy (non-hydrogen) atoms. The van der Waals surface area contributed by atoms with E-state index >= 15 is 0 Å². The van der Waals surface area contributed by atoms with Gasteiger partial charge in [0.15, 0.2) is 6.10 Å². The summed E-state index contributed by atoms with van der Waals surface area (Å²) in [4.78, 5) is 29.9. The number of carboxylic acid groups (broad SMARTS) is 1. The fraction of sp³-hybridized carbons (Fsp3) is 0.167. The van der Waals surface area contributed by atoms with Gasteiger partial charge < -0.3 is 9.84 Å². The van der Waals surface area contributed by atoms with Crippen molar-refractivity contribution < 1.29 is 19.4 Å². The van der Waals surface area contributed by atoms with E-state index in [0.717, 1.165) is 10.2 Å². The Morgan fingerprint density at radius 1 is 1.27 bits per heavy atom. The molecule has 132 valence electrons. The smallest absolute Gasteiger partial charge is 0.307 e. The summed E-state index contributed by atoms with van der Waals surface area (Å²) in [5.74, 6) is -0.997. The first-order valence-electron chi connectivity index (χ1n) is 7.85. The number of nitrogens with zero attached hydrogens (tertiary/aromatic N) is 2. The Bertz CT molecular complexity index is 1020. The van der Waals surface area contributed by atoms with Crippen molar-refractivity contribution in [3.05, 3.63) is 52.5 Å². The average Bonchev–Trinajstić information content (AvgIpc) is 3.02. The molecule has 0 fully saturated rings. The van der Waals surface area contributed by atoms with E-state index in [4.69, 9.17) is 21.4 Å². The maximum Gasteiger partial charge on any atom is 0.307 e. The van der Waals surface area contributed by atoms with Crippen molar-refractivity contribution in [2.45, 2.75) is 19.1 Å². The molecule has 0 saturated heterocycles. The minimum atomic E-state index is -1.09. The zero-order valence-electron chi connectivity index (χ0n) is 13.4. The molecule has 6 nitrogen and oxygen atoms in total. The number of carbonyl (C=O) groups excluding carboxylic acids is 1. The molecule has 2 heterocycles. The van der Waals surface area contributed by atoms with Crippen LogP contribution in [0.4, 0.5) is 5.69 Å². The van der Waals surface area contributed by atoms with Crippen molar-refractivity contribution >= 4 is 50.7 Å². The fourth-order valence-corrected chi connectivity index (χ4v) is 4.13. The number of carboxylic acids is 1.